The molecule has 0 spiro atoms. The quantitative estimate of drug-likeness (QED) is 0.369. The van der Waals surface area contributed by atoms with Crippen molar-refractivity contribution in [2.24, 2.45) is 0 Å². The van der Waals surface area contributed by atoms with Crippen LogP contribution in [-0.4, -0.2) is 19.0 Å². The third kappa shape index (κ3) is 5.55. The molecule has 0 unspecified atom stereocenters. The summed E-state index contributed by atoms with van der Waals surface area (Å²) >= 11 is 2.99. The molecule has 0 aliphatic heterocycles. The van der Waals surface area contributed by atoms with Crippen LogP contribution in [0.3, 0.4) is 0 Å². The SMILES string of the molecule is COC(=O)/C=C/C#Cc1ccccc1OC(=O)/C=C\Br. The Kier molecular flexibility index (Phi) is 6.87. The molecule has 0 N–H and O–H groups in total. The molecule has 0 saturated heterocycles. The van der Waals surface area contributed by atoms with E-state index in [2.05, 4.69) is 32.5 Å². The van der Waals surface area contributed by atoms with Crippen LogP contribution in [0, 0.1) is 11.8 Å². The molecule has 0 aliphatic carbocycles. The number of allylic oxidation sites excluding steroid dienone is 1. The molecule has 0 heterocycles. The van der Waals surface area contributed by atoms with Crippen molar-refractivity contribution >= 4 is 27.9 Å². The standard InChI is InChI=1S/C15H11BrO4/c1-19-14(17)9-5-3-7-12-6-2-4-8-13(12)20-15(18)10-11-16/h2,4-6,8-11H,1H3/b9-5+,11-10-. The Morgan fingerprint density at radius 2 is 1.95 bits per heavy atom. The molecule has 0 radical (unpaired) electrons. The molecule has 0 fully saturated rings. The molecule has 4 nitrogen and oxygen atoms in total. The Morgan fingerprint density at radius 3 is 2.65 bits per heavy atom. The van der Waals surface area contributed by atoms with Crippen LogP contribution in [0.5, 0.6) is 5.75 Å². The highest BCUT2D eigenvalue weighted by atomic mass is 79.9. The summed E-state index contributed by atoms with van der Waals surface area (Å²) in [6.07, 6.45) is 3.80. The number of esters is 2. The fourth-order valence-corrected chi connectivity index (χ4v) is 1.37. The van der Waals surface area contributed by atoms with E-state index < -0.39 is 11.9 Å². The summed E-state index contributed by atoms with van der Waals surface area (Å²) in [5.74, 6) is 4.80. The van der Waals surface area contributed by atoms with Gasteiger partial charge in [0.15, 0.2) is 0 Å². The zero-order valence-corrected chi connectivity index (χ0v) is 12.2. The Bertz CT molecular complexity index is 606. The van der Waals surface area contributed by atoms with Gasteiger partial charge >= 0.3 is 11.9 Å². The Balaban J connectivity index is 2.86. The molecule has 20 heavy (non-hydrogen) atoms. The van der Waals surface area contributed by atoms with Gasteiger partial charge in [-0.05, 0) is 23.2 Å². The topological polar surface area (TPSA) is 52.6 Å². The number of hydrogen-bond acceptors (Lipinski definition) is 4. The first-order valence-corrected chi connectivity index (χ1v) is 6.42. The summed E-state index contributed by atoms with van der Waals surface area (Å²) in [6, 6.07) is 6.84. The van der Waals surface area contributed by atoms with Gasteiger partial charge in [0.2, 0.25) is 0 Å². The van der Waals surface area contributed by atoms with Crippen LogP contribution in [0.25, 0.3) is 0 Å². The number of para-hydroxylation sites is 1. The van der Waals surface area contributed by atoms with Gasteiger partial charge in [0.05, 0.1) is 12.7 Å². The van der Waals surface area contributed by atoms with Crippen LogP contribution in [0.15, 0.2) is 47.5 Å². The monoisotopic (exact) mass is 334 g/mol. The van der Waals surface area contributed by atoms with Gasteiger partial charge in [0, 0.05) is 12.2 Å². The fraction of sp³-hybridized carbons (Fsp3) is 0.0667. The first-order valence-electron chi connectivity index (χ1n) is 5.51. The maximum absolute atomic E-state index is 11.4. The highest BCUT2D eigenvalue weighted by Gasteiger charge is 2.04. The molecule has 5 heteroatoms. The van der Waals surface area contributed by atoms with Gasteiger partial charge in [-0.2, -0.15) is 0 Å². The van der Waals surface area contributed by atoms with Crippen LogP contribution in [-0.2, 0) is 14.3 Å². The molecule has 0 aliphatic rings. The normalized spacial score (nSPS) is 10.1. The summed E-state index contributed by atoms with van der Waals surface area (Å²) in [5, 5.41) is 0. The predicted octanol–water partition coefficient (Wildman–Crippen LogP) is 2.58. The van der Waals surface area contributed by atoms with E-state index in [9.17, 15) is 9.59 Å². The maximum atomic E-state index is 11.4. The Hall–Kier alpha value is -2.32. The van der Waals surface area contributed by atoms with E-state index in [-0.39, 0.29) is 0 Å². The van der Waals surface area contributed by atoms with E-state index in [1.807, 2.05) is 0 Å². The second-order valence-electron chi connectivity index (χ2n) is 3.34. The molecular formula is C15H11BrO4. The van der Waals surface area contributed by atoms with Crippen molar-refractivity contribution in [2.45, 2.75) is 0 Å². The minimum Gasteiger partial charge on any atom is -0.466 e. The zero-order valence-electron chi connectivity index (χ0n) is 10.6. The molecule has 0 amide bonds. The summed E-state index contributed by atoms with van der Waals surface area (Å²) in [4.78, 5) is 23.6. The van der Waals surface area contributed by atoms with E-state index in [0.717, 1.165) is 0 Å². The van der Waals surface area contributed by atoms with Crippen molar-refractivity contribution in [3.63, 3.8) is 0 Å². The third-order valence-corrected chi connectivity index (χ3v) is 2.27. The first kappa shape index (κ1) is 15.7. The van der Waals surface area contributed by atoms with Crippen molar-refractivity contribution in [1.82, 2.24) is 0 Å². The molecule has 0 aromatic heterocycles. The second-order valence-corrected chi connectivity index (χ2v) is 3.86. The van der Waals surface area contributed by atoms with Crippen molar-refractivity contribution < 1.29 is 19.1 Å². The average molecular weight is 335 g/mol. The van der Waals surface area contributed by atoms with E-state index in [0.29, 0.717) is 11.3 Å². The number of methoxy groups -OCH3 is 1. The molecule has 1 aromatic rings. The van der Waals surface area contributed by atoms with Crippen molar-refractivity contribution in [3.05, 3.63) is 53.0 Å². The van der Waals surface area contributed by atoms with E-state index in [4.69, 9.17) is 4.74 Å². The number of halogens is 1. The zero-order chi connectivity index (χ0) is 14.8. The number of rotatable bonds is 3. The molecule has 0 bridgehead atoms. The van der Waals surface area contributed by atoms with Crippen LogP contribution in [0.1, 0.15) is 5.56 Å². The lowest BCUT2D eigenvalue weighted by atomic mass is 10.2. The van der Waals surface area contributed by atoms with Crippen LogP contribution in [0.4, 0.5) is 0 Å². The fourth-order valence-electron chi connectivity index (χ4n) is 1.15. The highest BCUT2D eigenvalue weighted by Crippen LogP contribution is 2.17. The Labute approximate surface area is 125 Å². The van der Waals surface area contributed by atoms with E-state index in [1.54, 1.807) is 24.3 Å². The van der Waals surface area contributed by atoms with Crippen molar-refractivity contribution in [3.8, 4) is 17.6 Å². The van der Waals surface area contributed by atoms with E-state index in [1.165, 1.54) is 30.3 Å². The third-order valence-electron chi connectivity index (χ3n) is 2.01. The smallest absolute Gasteiger partial charge is 0.336 e. The molecule has 102 valence electrons. The molecule has 0 saturated carbocycles. The summed E-state index contributed by atoms with van der Waals surface area (Å²) in [6.45, 7) is 0. The van der Waals surface area contributed by atoms with Crippen molar-refractivity contribution in [1.29, 1.82) is 0 Å². The van der Waals surface area contributed by atoms with Gasteiger partial charge in [0.1, 0.15) is 5.75 Å². The second kappa shape index (κ2) is 8.73. The van der Waals surface area contributed by atoms with Crippen molar-refractivity contribution in [2.75, 3.05) is 7.11 Å². The lowest BCUT2D eigenvalue weighted by molar-refractivity contribution is -0.134. The van der Waals surface area contributed by atoms with Crippen LogP contribution >= 0.6 is 15.9 Å². The summed E-state index contributed by atoms with van der Waals surface area (Å²) in [5.41, 5.74) is 0.540. The minimum absolute atomic E-state index is 0.349. The summed E-state index contributed by atoms with van der Waals surface area (Å²) < 4.78 is 9.54. The number of hydrogen-bond donors (Lipinski definition) is 0. The van der Waals surface area contributed by atoms with Crippen LogP contribution < -0.4 is 4.74 Å². The minimum atomic E-state index is -0.513. The predicted molar refractivity (Wildman–Crippen MR) is 78.2 cm³/mol. The number of benzene rings is 1. The van der Waals surface area contributed by atoms with Crippen LogP contribution in [0.2, 0.25) is 0 Å². The van der Waals surface area contributed by atoms with Gasteiger partial charge in [-0.3, -0.25) is 0 Å². The van der Waals surface area contributed by atoms with Gasteiger partial charge in [0.25, 0.3) is 0 Å². The lowest BCUT2D eigenvalue weighted by Gasteiger charge is -2.03. The van der Waals surface area contributed by atoms with Gasteiger partial charge in [-0.1, -0.05) is 39.9 Å². The van der Waals surface area contributed by atoms with Gasteiger partial charge in [-0.15, -0.1) is 0 Å². The van der Waals surface area contributed by atoms with Gasteiger partial charge in [-0.25, -0.2) is 9.59 Å². The lowest BCUT2D eigenvalue weighted by Crippen LogP contribution is -2.04. The largest absolute Gasteiger partial charge is 0.466 e. The first-order chi connectivity index (χ1) is 9.67. The molecule has 0 atom stereocenters. The van der Waals surface area contributed by atoms with Gasteiger partial charge < -0.3 is 9.47 Å². The number of carbonyl (C=O) groups is 2. The highest BCUT2D eigenvalue weighted by molar-refractivity contribution is 9.11. The maximum Gasteiger partial charge on any atom is 0.336 e. The molecular weight excluding hydrogens is 324 g/mol. The Morgan fingerprint density at radius 1 is 1.20 bits per heavy atom. The van der Waals surface area contributed by atoms with E-state index >= 15 is 0 Å². The molecule has 1 aromatic carbocycles. The summed E-state index contributed by atoms with van der Waals surface area (Å²) in [7, 11) is 1.28. The number of carbonyl (C=O) groups excluding carboxylic acids is 2. The number of ether oxygens (including phenoxy) is 2. The average Bonchev–Trinajstić information content (AvgIpc) is 2.45. The molecule has 1 rings (SSSR count).